The highest BCUT2D eigenvalue weighted by Gasteiger charge is 2.09. The Labute approximate surface area is 127 Å². The molecule has 0 atom stereocenters. The fraction of sp³-hybridized carbons (Fsp3) is 0.125. The predicted molar refractivity (Wildman–Crippen MR) is 85.5 cm³/mol. The second kappa shape index (κ2) is 6.17. The second-order valence-electron chi connectivity index (χ2n) is 4.66. The molecule has 0 aliphatic carbocycles. The van der Waals surface area contributed by atoms with Gasteiger partial charge in [-0.05, 0) is 6.92 Å². The monoisotopic (exact) mass is 293 g/mol. The lowest BCUT2D eigenvalue weighted by atomic mass is 10.1. The van der Waals surface area contributed by atoms with E-state index in [4.69, 9.17) is 0 Å². The summed E-state index contributed by atoms with van der Waals surface area (Å²) in [6.45, 7) is 2.40. The van der Waals surface area contributed by atoms with E-state index < -0.39 is 0 Å². The van der Waals surface area contributed by atoms with Crippen molar-refractivity contribution in [2.45, 2.75) is 6.92 Å². The number of aromatic nitrogens is 3. The topological polar surface area (TPSA) is 79.8 Å². The number of anilines is 1. The molecule has 0 unspecified atom stereocenters. The maximum Gasteiger partial charge on any atom is 0.319 e. The van der Waals surface area contributed by atoms with Crippen LogP contribution in [0.15, 0.2) is 48.9 Å². The zero-order valence-electron chi connectivity index (χ0n) is 12.1. The minimum Gasteiger partial charge on any atom is -0.338 e. The zero-order chi connectivity index (χ0) is 15.4. The van der Waals surface area contributed by atoms with Crippen LogP contribution in [-0.4, -0.2) is 27.5 Å². The number of benzene rings is 1. The van der Waals surface area contributed by atoms with Gasteiger partial charge in [-0.2, -0.15) is 0 Å². The SMILES string of the molecule is CCNC(=O)Nc1cncc2ncc(-c3ccccc3)nc12. The van der Waals surface area contributed by atoms with Gasteiger partial charge in [-0.3, -0.25) is 9.97 Å². The zero-order valence-corrected chi connectivity index (χ0v) is 12.1. The molecule has 0 radical (unpaired) electrons. The summed E-state index contributed by atoms with van der Waals surface area (Å²) in [5.74, 6) is 0. The molecule has 0 aliphatic heterocycles. The number of amides is 2. The van der Waals surface area contributed by atoms with Crippen LogP contribution < -0.4 is 10.6 Å². The molecule has 22 heavy (non-hydrogen) atoms. The molecule has 2 amide bonds. The van der Waals surface area contributed by atoms with Crippen LogP contribution in [0.2, 0.25) is 0 Å². The highest BCUT2D eigenvalue weighted by Crippen LogP contribution is 2.23. The van der Waals surface area contributed by atoms with Crippen LogP contribution in [0.3, 0.4) is 0 Å². The minimum absolute atomic E-state index is 0.288. The van der Waals surface area contributed by atoms with Crippen LogP contribution in [0.1, 0.15) is 6.92 Å². The maximum absolute atomic E-state index is 11.7. The first-order valence-corrected chi connectivity index (χ1v) is 6.99. The fourth-order valence-electron chi connectivity index (χ4n) is 2.10. The molecule has 0 spiro atoms. The van der Waals surface area contributed by atoms with Gasteiger partial charge in [0.25, 0.3) is 0 Å². The highest BCUT2D eigenvalue weighted by molar-refractivity contribution is 5.98. The van der Waals surface area contributed by atoms with Crippen LogP contribution in [0.5, 0.6) is 0 Å². The summed E-state index contributed by atoms with van der Waals surface area (Å²) < 4.78 is 0. The lowest BCUT2D eigenvalue weighted by Gasteiger charge is -2.09. The van der Waals surface area contributed by atoms with Crippen molar-refractivity contribution in [1.82, 2.24) is 20.3 Å². The van der Waals surface area contributed by atoms with Crippen molar-refractivity contribution < 1.29 is 4.79 Å². The van der Waals surface area contributed by atoms with Crippen LogP contribution >= 0.6 is 0 Å². The number of urea groups is 1. The Morgan fingerprint density at radius 3 is 2.73 bits per heavy atom. The Morgan fingerprint density at radius 1 is 1.14 bits per heavy atom. The maximum atomic E-state index is 11.7. The molecule has 0 fully saturated rings. The van der Waals surface area contributed by atoms with Crippen molar-refractivity contribution in [3.05, 3.63) is 48.9 Å². The van der Waals surface area contributed by atoms with Crippen molar-refractivity contribution >= 4 is 22.8 Å². The van der Waals surface area contributed by atoms with Gasteiger partial charge in [-0.25, -0.2) is 9.78 Å². The van der Waals surface area contributed by atoms with Crippen molar-refractivity contribution in [3.63, 3.8) is 0 Å². The summed E-state index contributed by atoms with van der Waals surface area (Å²) in [5.41, 5.74) is 3.50. The van der Waals surface area contributed by atoms with Crippen molar-refractivity contribution in [3.8, 4) is 11.3 Å². The molecule has 2 heterocycles. The number of nitrogens with one attached hydrogen (secondary N) is 2. The summed E-state index contributed by atoms with van der Waals surface area (Å²) in [7, 11) is 0. The van der Waals surface area contributed by atoms with Gasteiger partial charge in [0.2, 0.25) is 0 Å². The quantitative estimate of drug-likeness (QED) is 0.778. The largest absolute Gasteiger partial charge is 0.338 e. The summed E-state index contributed by atoms with van der Waals surface area (Å²) in [6.07, 6.45) is 4.90. The fourth-order valence-corrected chi connectivity index (χ4v) is 2.10. The first-order chi connectivity index (χ1) is 10.8. The molecule has 3 rings (SSSR count). The number of carbonyl (C=O) groups excluding carboxylic acids is 1. The van der Waals surface area contributed by atoms with Crippen molar-refractivity contribution in [2.75, 3.05) is 11.9 Å². The summed E-state index contributed by atoms with van der Waals surface area (Å²) in [4.78, 5) is 24.8. The third-order valence-corrected chi connectivity index (χ3v) is 3.11. The highest BCUT2D eigenvalue weighted by atomic mass is 16.2. The average molecular weight is 293 g/mol. The van der Waals surface area contributed by atoms with E-state index in [0.717, 1.165) is 11.3 Å². The third-order valence-electron chi connectivity index (χ3n) is 3.11. The first kappa shape index (κ1) is 13.9. The van der Waals surface area contributed by atoms with Crippen molar-refractivity contribution in [2.24, 2.45) is 0 Å². The van der Waals surface area contributed by atoms with E-state index in [2.05, 4.69) is 25.6 Å². The van der Waals surface area contributed by atoms with Gasteiger partial charge in [0, 0.05) is 12.1 Å². The molecule has 0 saturated carbocycles. The van der Waals surface area contributed by atoms with Crippen LogP contribution in [0, 0.1) is 0 Å². The van der Waals surface area contributed by atoms with E-state index in [1.165, 1.54) is 0 Å². The molecule has 0 bridgehead atoms. The Bertz CT molecular complexity index is 804. The van der Waals surface area contributed by atoms with Crippen LogP contribution in [0.4, 0.5) is 10.5 Å². The predicted octanol–water partition coefficient (Wildman–Crippen LogP) is 2.83. The Balaban J connectivity index is 2.04. The number of hydrogen-bond acceptors (Lipinski definition) is 4. The number of hydrogen-bond donors (Lipinski definition) is 2. The molecule has 110 valence electrons. The van der Waals surface area contributed by atoms with Gasteiger partial charge in [0.15, 0.2) is 0 Å². The lowest BCUT2D eigenvalue weighted by Crippen LogP contribution is -2.28. The molecular weight excluding hydrogens is 278 g/mol. The molecular formula is C16H15N5O. The Morgan fingerprint density at radius 2 is 1.95 bits per heavy atom. The number of nitrogens with zero attached hydrogens (tertiary/aromatic N) is 3. The molecule has 2 aromatic heterocycles. The summed E-state index contributed by atoms with van der Waals surface area (Å²) in [6, 6.07) is 9.48. The smallest absolute Gasteiger partial charge is 0.319 e. The van der Waals surface area contributed by atoms with Gasteiger partial charge >= 0.3 is 6.03 Å². The Hall–Kier alpha value is -3.02. The second-order valence-corrected chi connectivity index (χ2v) is 4.66. The van der Waals surface area contributed by atoms with Gasteiger partial charge in [-0.15, -0.1) is 0 Å². The first-order valence-electron chi connectivity index (χ1n) is 6.99. The summed E-state index contributed by atoms with van der Waals surface area (Å²) >= 11 is 0. The molecule has 0 saturated heterocycles. The van der Waals surface area contributed by atoms with Gasteiger partial charge < -0.3 is 10.6 Å². The molecule has 0 aliphatic rings. The van der Waals surface area contributed by atoms with E-state index in [1.54, 1.807) is 18.6 Å². The summed E-state index contributed by atoms with van der Waals surface area (Å²) in [5, 5.41) is 5.43. The van der Waals surface area contributed by atoms with E-state index in [-0.39, 0.29) is 6.03 Å². The Kier molecular flexibility index (Phi) is 3.91. The standard InChI is InChI=1S/C16H15N5O/c1-2-18-16(22)21-14-9-17-8-13-15(14)20-12(10-19-13)11-6-4-3-5-7-11/h3-10H,2H2,1H3,(H2,18,21,22). The number of carbonyl (C=O) groups is 1. The van der Waals surface area contributed by atoms with E-state index in [9.17, 15) is 4.79 Å². The van der Waals surface area contributed by atoms with Crippen molar-refractivity contribution in [1.29, 1.82) is 0 Å². The average Bonchev–Trinajstić information content (AvgIpc) is 2.56. The third kappa shape index (κ3) is 2.85. The van der Waals surface area contributed by atoms with Crippen LogP contribution in [0.25, 0.3) is 22.3 Å². The molecule has 6 heteroatoms. The molecule has 1 aromatic carbocycles. The minimum atomic E-state index is -0.288. The van der Waals surface area contributed by atoms with Crippen LogP contribution in [-0.2, 0) is 0 Å². The number of fused-ring (bicyclic) bond motifs is 1. The normalized spacial score (nSPS) is 10.4. The molecule has 3 aromatic rings. The lowest BCUT2D eigenvalue weighted by molar-refractivity contribution is 0.252. The molecule has 6 nitrogen and oxygen atoms in total. The van der Waals surface area contributed by atoms with E-state index in [0.29, 0.717) is 23.3 Å². The number of pyridine rings is 1. The molecule has 2 N–H and O–H groups in total. The van der Waals surface area contributed by atoms with E-state index in [1.807, 2.05) is 37.3 Å². The number of rotatable bonds is 3. The van der Waals surface area contributed by atoms with Gasteiger partial charge in [0.05, 0.1) is 30.0 Å². The van der Waals surface area contributed by atoms with Gasteiger partial charge in [0.1, 0.15) is 11.0 Å². The van der Waals surface area contributed by atoms with Gasteiger partial charge in [-0.1, -0.05) is 30.3 Å². The van der Waals surface area contributed by atoms with E-state index >= 15 is 0 Å².